The van der Waals surface area contributed by atoms with E-state index in [9.17, 15) is 18.3 Å². The zero-order chi connectivity index (χ0) is 14.8. The highest BCUT2D eigenvalue weighted by molar-refractivity contribution is 14.1. The molecule has 2 rings (SSSR count). The van der Waals surface area contributed by atoms with Gasteiger partial charge in [0, 0.05) is 10.1 Å². The molecule has 1 aliphatic carbocycles. The fourth-order valence-electron chi connectivity index (χ4n) is 2.45. The van der Waals surface area contributed by atoms with Gasteiger partial charge in [-0.15, -0.1) is 0 Å². The third-order valence-corrected chi connectivity index (χ3v) is 5.88. The molecule has 110 valence electrons. The van der Waals surface area contributed by atoms with Crippen LogP contribution in [0.5, 0.6) is 0 Å². The molecule has 0 aliphatic heterocycles. The van der Waals surface area contributed by atoms with Crippen LogP contribution < -0.4 is 4.72 Å². The van der Waals surface area contributed by atoms with Gasteiger partial charge in [-0.3, -0.25) is 4.79 Å². The average molecular weight is 409 g/mol. The highest BCUT2D eigenvalue weighted by Gasteiger charge is 2.42. The lowest BCUT2D eigenvalue weighted by Crippen LogP contribution is -2.41. The lowest BCUT2D eigenvalue weighted by atomic mass is 9.87. The van der Waals surface area contributed by atoms with E-state index in [0.717, 1.165) is 16.4 Å². The van der Waals surface area contributed by atoms with Crippen molar-refractivity contribution in [3.63, 3.8) is 0 Å². The number of sulfonamides is 1. The van der Waals surface area contributed by atoms with Crippen LogP contribution in [0.2, 0.25) is 0 Å². The monoisotopic (exact) mass is 409 g/mol. The molecule has 20 heavy (non-hydrogen) atoms. The van der Waals surface area contributed by atoms with Gasteiger partial charge in [0.15, 0.2) is 0 Å². The Balaban J connectivity index is 2.13. The number of benzene rings is 1. The number of halogens is 1. The van der Waals surface area contributed by atoms with E-state index in [1.807, 2.05) is 0 Å². The minimum absolute atomic E-state index is 0.0450. The van der Waals surface area contributed by atoms with Crippen LogP contribution in [0.1, 0.15) is 25.7 Å². The number of carbonyl (C=O) groups is 1. The summed E-state index contributed by atoms with van der Waals surface area (Å²) in [5.74, 6) is -0.916. The van der Waals surface area contributed by atoms with E-state index in [2.05, 4.69) is 27.3 Å². The molecule has 1 saturated carbocycles. The van der Waals surface area contributed by atoms with E-state index < -0.39 is 21.4 Å². The van der Waals surface area contributed by atoms with Crippen LogP contribution in [-0.4, -0.2) is 26.0 Å². The van der Waals surface area contributed by atoms with Crippen LogP contribution in [0, 0.1) is 8.99 Å². The Bertz CT molecular complexity index is 591. The fraction of sp³-hybridized carbons (Fsp3) is 0.462. The van der Waals surface area contributed by atoms with Crippen molar-refractivity contribution in [2.24, 2.45) is 5.41 Å². The third-order valence-electron chi connectivity index (χ3n) is 3.74. The molecule has 5 nitrogen and oxygen atoms in total. The molecule has 0 radical (unpaired) electrons. The zero-order valence-electron chi connectivity index (χ0n) is 10.8. The van der Waals surface area contributed by atoms with Gasteiger partial charge in [-0.1, -0.05) is 12.8 Å². The maximum atomic E-state index is 12.2. The Morgan fingerprint density at radius 3 is 2.30 bits per heavy atom. The molecule has 1 aliphatic rings. The lowest BCUT2D eigenvalue weighted by molar-refractivity contribution is -0.148. The van der Waals surface area contributed by atoms with Gasteiger partial charge in [-0.2, -0.15) is 0 Å². The Labute approximate surface area is 132 Å². The van der Waals surface area contributed by atoms with Crippen molar-refractivity contribution in [3.8, 4) is 0 Å². The maximum absolute atomic E-state index is 12.2. The van der Waals surface area contributed by atoms with E-state index in [4.69, 9.17) is 0 Å². The van der Waals surface area contributed by atoms with Gasteiger partial charge in [0.2, 0.25) is 10.0 Å². The minimum Gasteiger partial charge on any atom is -0.481 e. The van der Waals surface area contributed by atoms with Crippen LogP contribution in [0.25, 0.3) is 0 Å². The van der Waals surface area contributed by atoms with E-state index in [0.29, 0.717) is 12.8 Å². The van der Waals surface area contributed by atoms with Gasteiger partial charge in [0.05, 0.1) is 10.3 Å². The summed E-state index contributed by atoms with van der Waals surface area (Å²) < 4.78 is 27.7. The second-order valence-corrected chi connectivity index (χ2v) is 8.08. The molecular formula is C13H16INO4S. The van der Waals surface area contributed by atoms with Crippen LogP contribution in [0.4, 0.5) is 0 Å². The molecule has 2 N–H and O–H groups in total. The second kappa shape index (κ2) is 5.98. The SMILES string of the molecule is O=C(O)C1(CNS(=O)(=O)c2ccc(I)cc2)CCCC1. The number of nitrogens with one attached hydrogen (secondary N) is 1. The Hall–Kier alpha value is -0.670. The van der Waals surface area contributed by atoms with Gasteiger partial charge in [-0.25, -0.2) is 13.1 Å². The Morgan fingerprint density at radius 1 is 1.25 bits per heavy atom. The molecule has 0 heterocycles. The third kappa shape index (κ3) is 3.32. The van der Waals surface area contributed by atoms with Crippen molar-refractivity contribution in [1.82, 2.24) is 4.72 Å². The lowest BCUT2D eigenvalue weighted by Gasteiger charge is -2.23. The van der Waals surface area contributed by atoms with Crippen molar-refractivity contribution < 1.29 is 18.3 Å². The second-order valence-electron chi connectivity index (χ2n) is 5.07. The molecule has 1 aromatic rings. The summed E-state index contributed by atoms with van der Waals surface area (Å²) in [6.07, 6.45) is 2.71. The number of carboxylic acids is 1. The van der Waals surface area contributed by atoms with E-state index in [-0.39, 0.29) is 11.4 Å². The molecule has 0 amide bonds. The van der Waals surface area contributed by atoms with Gasteiger partial charge in [-0.05, 0) is 59.7 Å². The molecule has 1 fully saturated rings. The zero-order valence-corrected chi connectivity index (χ0v) is 13.8. The van der Waals surface area contributed by atoms with E-state index in [1.54, 1.807) is 12.1 Å². The van der Waals surface area contributed by atoms with Crippen molar-refractivity contribution in [2.45, 2.75) is 30.6 Å². The van der Waals surface area contributed by atoms with E-state index >= 15 is 0 Å². The first-order chi connectivity index (χ1) is 9.36. The normalized spacial score (nSPS) is 18.1. The molecule has 0 spiro atoms. The summed E-state index contributed by atoms with van der Waals surface area (Å²) in [7, 11) is -3.65. The summed E-state index contributed by atoms with van der Waals surface area (Å²) in [5.41, 5.74) is -0.948. The molecule has 0 aromatic heterocycles. The molecular weight excluding hydrogens is 393 g/mol. The quantitative estimate of drug-likeness (QED) is 0.731. The summed E-state index contributed by atoms with van der Waals surface area (Å²) in [5, 5.41) is 9.33. The number of hydrogen-bond acceptors (Lipinski definition) is 3. The first-order valence-electron chi connectivity index (χ1n) is 6.34. The predicted octanol–water partition coefficient (Wildman–Crippen LogP) is 2.21. The van der Waals surface area contributed by atoms with Crippen LogP contribution in [0.3, 0.4) is 0 Å². The predicted molar refractivity (Wildman–Crippen MR) is 82.9 cm³/mol. The van der Waals surface area contributed by atoms with Crippen molar-refractivity contribution in [3.05, 3.63) is 27.8 Å². The van der Waals surface area contributed by atoms with Crippen molar-refractivity contribution in [1.29, 1.82) is 0 Å². The summed E-state index contributed by atoms with van der Waals surface area (Å²) >= 11 is 2.09. The van der Waals surface area contributed by atoms with Gasteiger partial charge in [0.1, 0.15) is 0 Å². The van der Waals surface area contributed by atoms with Crippen LogP contribution >= 0.6 is 22.6 Å². The Kier molecular flexibility index (Phi) is 4.70. The summed E-state index contributed by atoms with van der Waals surface area (Å²) in [6.45, 7) is -0.0450. The fourth-order valence-corrected chi connectivity index (χ4v) is 3.94. The number of carboxylic acid groups (broad SMARTS) is 1. The molecule has 1 aromatic carbocycles. The first-order valence-corrected chi connectivity index (χ1v) is 8.91. The molecule has 7 heteroatoms. The van der Waals surface area contributed by atoms with Crippen molar-refractivity contribution >= 4 is 38.6 Å². The summed E-state index contributed by atoms with van der Waals surface area (Å²) in [6, 6.07) is 6.45. The van der Waals surface area contributed by atoms with Gasteiger partial charge in [0.25, 0.3) is 0 Å². The van der Waals surface area contributed by atoms with Crippen LogP contribution in [-0.2, 0) is 14.8 Å². The van der Waals surface area contributed by atoms with Gasteiger partial charge < -0.3 is 5.11 Å². The highest BCUT2D eigenvalue weighted by atomic mass is 127. The van der Waals surface area contributed by atoms with E-state index in [1.165, 1.54) is 12.1 Å². The number of rotatable bonds is 5. The van der Waals surface area contributed by atoms with Crippen LogP contribution in [0.15, 0.2) is 29.2 Å². The highest BCUT2D eigenvalue weighted by Crippen LogP contribution is 2.38. The van der Waals surface area contributed by atoms with Crippen molar-refractivity contribution in [2.75, 3.05) is 6.54 Å². The minimum atomic E-state index is -3.65. The molecule has 0 bridgehead atoms. The number of hydrogen-bond donors (Lipinski definition) is 2. The smallest absolute Gasteiger partial charge is 0.310 e. The maximum Gasteiger partial charge on any atom is 0.310 e. The Morgan fingerprint density at radius 2 is 1.80 bits per heavy atom. The molecule has 0 saturated heterocycles. The molecule has 0 unspecified atom stereocenters. The molecule has 0 atom stereocenters. The standard InChI is InChI=1S/C13H16INO4S/c14-10-3-5-11(6-4-10)20(18,19)15-9-13(12(16)17)7-1-2-8-13/h3-6,15H,1-2,7-9H2,(H,16,17). The largest absolute Gasteiger partial charge is 0.481 e. The first kappa shape index (κ1) is 15.7. The number of aliphatic carboxylic acids is 1. The summed E-state index contributed by atoms with van der Waals surface area (Å²) in [4.78, 5) is 11.5. The van der Waals surface area contributed by atoms with Gasteiger partial charge >= 0.3 is 5.97 Å². The average Bonchev–Trinajstić information content (AvgIpc) is 2.87. The topological polar surface area (TPSA) is 83.5 Å².